The molecular formula is C8H16N2O3S. The number of ether oxygens (including phenoxy) is 2. The highest BCUT2D eigenvalue weighted by Crippen LogP contribution is 2.12. The van der Waals surface area contributed by atoms with Crippen LogP contribution in [0.15, 0.2) is 0 Å². The predicted octanol–water partition coefficient (Wildman–Crippen LogP) is -0.770. The number of rotatable bonds is 2. The van der Waals surface area contributed by atoms with Crippen molar-refractivity contribution >= 4 is 11.5 Å². The Morgan fingerprint density at radius 1 is 0.786 bits per heavy atom. The van der Waals surface area contributed by atoms with Gasteiger partial charge in [-0.25, -0.2) is 0 Å². The zero-order chi connectivity index (χ0) is 9.80. The van der Waals surface area contributed by atoms with Gasteiger partial charge in [-0.3, -0.25) is 0 Å². The molecule has 0 bridgehead atoms. The second-order valence-electron chi connectivity index (χ2n) is 3.31. The highest BCUT2D eigenvalue weighted by atomic mass is 32.2. The molecule has 2 saturated heterocycles. The summed E-state index contributed by atoms with van der Waals surface area (Å²) in [5, 5.41) is 0. The molecule has 0 amide bonds. The first-order valence-corrected chi connectivity index (χ1v) is 6.02. The molecule has 0 aromatic carbocycles. The Balaban J connectivity index is 1.82. The van der Waals surface area contributed by atoms with Crippen LogP contribution in [0.3, 0.4) is 0 Å². The molecule has 0 aromatic heterocycles. The fourth-order valence-electron chi connectivity index (χ4n) is 1.57. The van der Waals surface area contributed by atoms with Gasteiger partial charge in [-0.15, -0.1) is 8.61 Å². The van der Waals surface area contributed by atoms with Crippen molar-refractivity contribution in [3.63, 3.8) is 0 Å². The first kappa shape index (κ1) is 10.7. The molecule has 0 radical (unpaired) electrons. The van der Waals surface area contributed by atoms with E-state index in [9.17, 15) is 4.55 Å². The van der Waals surface area contributed by atoms with Crippen LogP contribution < -0.4 is 0 Å². The Kier molecular flexibility index (Phi) is 4.03. The van der Waals surface area contributed by atoms with Crippen molar-refractivity contribution in [2.24, 2.45) is 0 Å². The number of morpholine rings is 2. The van der Waals surface area contributed by atoms with E-state index in [-0.39, 0.29) is 0 Å². The van der Waals surface area contributed by atoms with E-state index in [4.69, 9.17) is 9.47 Å². The Morgan fingerprint density at radius 3 is 1.50 bits per heavy atom. The van der Waals surface area contributed by atoms with Crippen LogP contribution in [0.4, 0.5) is 0 Å². The van der Waals surface area contributed by atoms with Crippen molar-refractivity contribution in [2.75, 3.05) is 52.6 Å². The maximum atomic E-state index is 12.0. The fourth-order valence-corrected chi connectivity index (χ4v) is 2.82. The average Bonchev–Trinajstić information content (AvgIpc) is 2.30. The van der Waals surface area contributed by atoms with Crippen LogP contribution in [0.25, 0.3) is 0 Å². The molecule has 0 spiro atoms. The largest absolute Gasteiger partial charge is 0.578 e. The van der Waals surface area contributed by atoms with E-state index in [0.717, 1.165) is 26.2 Å². The molecule has 0 aliphatic carbocycles. The Bertz CT molecular complexity index is 154. The SMILES string of the molecule is [O-][S+](N1CCOCC1)N1CCOCC1. The van der Waals surface area contributed by atoms with Crippen molar-refractivity contribution < 1.29 is 14.0 Å². The summed E-state index contributed by atoms with van der Waals surface area (Å²) in [7, 11) is 0. The molecule has 0 aromatic rings. The summed E-state index contributed by atoms with van der Waals surface area (Å²) in [6.45, 7) is 5.83. The Morgan fingerprint density at radius 2 is 1.14 bits per heavy atom. The zero-order valence-corrected chi connectivity index (χ0v) is 9.00. The quantitative estimate of drug-likeness (QED) is 0.572. The van der Waals surface area contributed by atoms with Crippen LogP contribution >= 0.6 is 0 Å². The first-order valence-electron chi connectivity index (χ1n) is 4.95. The van der Waals surface area contributed by atoms with Gasteiger partial charge in [0.15, 0.2) is 0 Å². The molecule has 0 unspecified atom stereocenters. The van der Waals surface area contributed by atoms with Gasteiger partial charge in [0.25, 0.3) is 0 Å². The minimum absolute atomic E-state index is 0.691. The van der Waals surface area contributed by atoms with Gasteiger partial charge in [-0.2, -0.15) is 0 Å². The third-order valence-corrected chi connectivity index (χ3v) is 4.00. The third-order valence-electron chi connectivity index (χ3n) is 2.38. The zero-order valence-electron chi connectivity index (χ0n) is 8.18. The molecule has 2 aliphatic rings. The van der Waals surface area contributed by atoms with Crippen LogP contribution in [0.2, 0.25) is 0 Å². The maximum absolute atomic E-state index is 12.0. The van der Waals surface area contributed by atoms with Gasteiger partial charge < -0.3 is 14.0 Å². The summed E-state index contributed by atoms with van der Waals surface area (Å²) in [5.74, 6) is 0. The molecule has 5 nitrogen and oxygen atoms in total. The van der Waals surface area contributed by atoms with E-state index in [1.54, 1.807) is 0 Å². The molecule has 2 rings (SSSR count). The van der Waals surface area contributed by atoms with Gasteiger partial charge >= 0.3 is 0 Å². The summed E-state index contributed by atoms with van der Waals surface area (Å²) >= 11 is -0.986. The number of hydrogen-bond acceptors (Lipinski definition) is 5. The average molecular weight is 220 g/mol. The van der Waals surface area contributed by atoms with Gasteiger partial charge in [0, 0.05) is 0 Å². The van der Waals surface area contributed by atoms with E-state index in [2.05, 4.69) is 0 Å². The molecule has 0 saturated carbocycles. The Labute approximate surface area is 87.4 Å². The standard InChI is InChI=1S/C8H16N2O3S/c11-14(9-1-5-12-6-2-9)10-3-7-13-8-4-10/h1-8H2. The lowest BCUT2D eigenvalue weighted by Gasteiger charge is -2.34. The van der Waals surface area contributed by atoms with Crippen LogP contribution in [0, 0.1) is 0 Å². The minimum atomic E-state index is -0.986. The summed E-state index contributed by atoms with van der Waals surface area (Å²) in [4.78, 5) is 0. The van der Waals surface area contributed by atoms with Crippen LogP contribution in [0.5, 0.6) is 0 Å². The number of nitrogens with zero attached hydrogens (tertiary/aromatic N) is 2. The van der Waals surface area contributed by atoms with Gasteiger partial charge in [-0.1, -0.05) is 0 Å². The maximum Gasteiger partial charge on any atom is 0.140 e. The van der Waals surface area contributed by atoms with Crippen LogP contribution in [0.1, 0.15) is 0 Å². The van der Waals surface area contributed by atoms with Crippen LogP contribution in [-0.4, -0.2) is 65.8 Å². The number of hydrogen-bond donors (Lipinski definition) is 0. The van der Waals surface area contributed by atoms with Gasteiger partial charge in [0.2, 0.25) is 0 Å². The molecule has 82 valence electrons. The first-order chi connectivity index (χ1) is 6.88. The second-order valence-corrected chi connectivity index (χ2v) is 4.81. The van der Waals surface area contributed by atoms with E-state index in [1.165, 1.54) is 0 Å². The summed E-state index contributed by atoms with van der Waals surface area (Å²) in [6.07, 6.45) is 0. The van der Waals surface area contributed by atoms with Gasteiger partial charge in [0.05, 0.1) is 52.6 Å². The minimum Gasteiger partial charge on any atom is -0.578 e. The summed E-state index contributed by atoms with van der Waals surface area (Å²) in [6, 6.07) is 0. The molecule has 0 atom stereocenters. The third kappa shape index (κ3) is 2.59. The molecule has 0 N–H and O–H groups in total. The van der Waals surface area contributed by atoms with Crippen molar-refractivity contribution in [3.05, 3.63) is 0 Å². The lowest BCUT2D eigenvalue weighted by molar-refractivity contribution is 0.0549. The van der Waals surface area contributed by atoms with Crippen molar-refractivity contribution in [1.82, 2.24) is 8.61 Å². The monoisotopic (exact) mass is 220 g/mol. The molecule has 2 fully saturated rings. The summed E-state index contributed by atoms with van der Waals surface area (Å²) in [5.41, 5.74) is 0. The topological polar surface area (TPSA) is 48.0 Å². The van der Waals surface area contributed by atoms with E-state index >= 15 is 0 Å². The summed E-state index contributed by atoms with van der Waals surface area (Å²) < 4.78 is 26.4. The molecular weight excluding hydrogens is 204 g/mol. The Hall–Kier alpha value is 0.150. The van der Waals surface area contributed by atoms with Crippen molar-refractivity contribution in [3.8, 4) is 0 Å². The molecule has 2 aliphatic heterocycles. The van der Waals surface area contributed by atoms with Gasteiger partial charge in [0.1, 0.15) is 11.5 Å². The highest BCUT2D eigenvalue weighted by Gasteiger charge is 2.30. The lowest BCUT2D eigenvalue weighted by atomic mass is 10.5. The predicted molar refractivity (Wildman–Crippen MR) is 52.9 cm³/mol. The van der Waals surface area contributed by atoms with E-state index in [0.29, 0.717) is 26.4 Å². The lowest BCUT2D eigenvalue weighted by Crippen LogP contribution is -2.51. The highest BCUT2D eigenvalue weighted by molar-refractivity contribution is 7.86. The van der Waals surface area contributed by atoms with Crippen molar-refractivity contribution in [2.45, 2.75) is 0 Å². The fraction of sp³-hybridized carbons (Fsp3) is 1.00. The molecule has 14 heavy (non-hydrogen) atoms. The van der Waals surface area contributed by atoms with E-state index in [1.807, 2.05) is 8.61 Å². The second kappa shape index (κ2) is 5.29. The molecule has 6 heteroatoms. The van der Waals surface area contributed by atoms with Crippen molar-refractivity contribution in [1.29, 1.82) is 0 Å². The van der Waals surface area contributed by atoms with Crippen LogP contribution in [-0.2, 0) is 21.0 Å². The normalized spacial score (nSPS) is 27.0. The smallest absolute Gasteiger partial charge is 0.140 e. The van der Waals surface area contributed by atoms with E-state index < -0.39 is 11.5 Å². The van der Waals surface area contributed by atoms with Gasteiger partial charge in [-0.05, 0) is 0 Å². The molecule has 2 heterocycles.